The highest BCUT2D eigenvalue weighted by atomic mass is 32.2. The number of piperidine rings is 1. The van der Waals surface area contributed by atoms with Crippen LogP contribution in [0.25, 0.3) is 0 Å². The van der Waals surface area contributed by atoms with Crippen molar-refractivity contribution in [2.24, 2.45) is 5.73 Å². The van der Waals surface area contributed by atoms with Gasteiger partial charge < -0.3 is 10.3 Å². The Bertz CT molecular complexity index is 570. The highest BCUT2D eigenvalue weighted by Crippen LogP contribution is 2.30. The summed E-state index contributed by atoms with van der Waals surface area (Å²) in [6.45, 7) is 7.23. The lowest BCUT2D eigenvalue weighted by Crippen LogP contribution is -2.47. The fraction of sp³-hybridized carbons (Fsp3) is 0.733. The minimum Gasteiger partial charge on any atom is -0.349 e. The fourth-order valence-corrected chi connectivity index (χ4v) is 5.23. The average molecular weight is 313 g/mol. The van der Waals surface area contributed by atoms with Crippen LogP contribution in [-0.4, -0.2) is 29.4 Å². The number of rotatable bonds is 5. The maximum Gasteiger partial charge on any atom is 0.245 e. The molecular formula is C15H27N3O2S. The molecule has 0 spiro atoms. The zero-order chi connectivity index (χ0) is 15.6. The summed E-state index contributed by atoms with van der Waals surface area (Å²) in [6, 6.07) is 1.86. The zero-order valence-corrected chi connectivity index (χ0v) is 14.1. The van der Waals surface area contributed by atoms with E-state index in [0.717, 1.165) is 37.9 Å². The molecule has 1 aromatic rings. The summed E-state index contributed by atoms with van der Waals surface area (Å²) in [5.41, 5.74) is 6.62. The summed E-state index contributed by atoms with van der Waals surface area (Å²) in [7, 11) is -3.43. The van der Waals surface area contributed by atoms with Gasteiger partial charge in [-0.2, -0.15) is 4.31 Å². The molecule has 0 saturated carbocycles. The van der Waals surface area contributed by atoms with Crippen molar-refractivity contribution in [3.63, 3.8) is 0 Å². The first-order chi connectivity index (χ1) is 9.91. The number of nitrogens with two attached hydrogens (primary N) is 1. The molecule has 2 N–H and O–H groups in total. The van der Waals surface area contributed by atoms with Crippen LogP contribution < -0.4 is 5.73 Å². The summed E-state index contributed by atoms with van der Waals surface area (Å²) in [5.74, 6) is 0. The third kappa shape index (κ3) is 3.17. The minimum absolute atomic E-state index is 0.0644. The first kappa shape index (κ1) is 16.5. The molecule has 120 valence electrons. The van der Waals surface area contributed by atoms with E-state index < -0.39 is 10.0 Å². The van der Waals surface area contributed by atoms with E-state index in [2.05, 4.69) is 6.92 Å². The smallest absolute Gasteiger partial charge is 0.245 e. The van der Waals surface area contributed by atoms with Gasteiger partial charge in [-0.05, 0) is 39.2 Å². The molecule has 2 atom stereocenters. The Morgan fingerprint density at radius 3 is 2.43 bits per heavy atom. The predicted molar refractivity (Wildman–Crippen MR) is 84.4 cm³/mol. The van der Waals surface area contributed by atoms with Crippen LogP contribution in [0.1, 0.15) is 52.1 Å². The standard InChI is InChI=1S/C15H27N3O2S/c1-4-8-17-11-15(9-14(17)10-16)21(19,20)18-12(2)6-5-7-13(18)3/h9,11-13H,4-8,10,16H2,1-3H3. The van der Waals surface area contributed by atoms with Gasteiger partial charge in [0.1, 0.15) is 4.90 Å². The van der Waals surface area contributed by atoms with Crippen molar-refractivity contribution in [2.75, 3.05) is 0 Å². The molecule has 0 aromatic carbocycles. The molecular weight excluding hydrogens is 286 g/mol. The van der Waals surface area contributed by atoms with E-state index in [0.29, 0.717) is 11.4 Å². The van der Waals surface area contributed by atoms with Gasteiger partial charge in [0.15, 0.2) is 0 Å². The van der Waals surface area contributed by atoms with Crippen LogP contribution in [0.4, 0.5) is 0 Å². The first-order valence-electron chi connectivity index (χ1n) is 7.84. The lowest BCUT2D eigenvalue weighted by atomic mass is 10.0. The van der Waals surface area contributed by atoms with Gasteiger partial charge >= 0.3 is 0 Å². The Kier molecular flexibility index (Phi) is 5.11. The number of aryl methyl sites for hydroxylation is 1. The molecule has 21 heavy (non-hydrogen) atoms. The van der Waals surface area contributed by atoms with Gasteiger partial charge in [0, 0.05) is 37.1 Å². The maximum atomic E-state index is 13.0. The highest BCUT2D eigenvalue weighted by molar-refractivity contribution is 7.89. The molecule has 0 aliphatic carbocycles. The average Bonchev–Trinajstić information content (AvgIpc) is 2.82. The second-order valence-corrected chi connectivity index (χ2v) is 7.87. The quantitative estimate of drug-likeness (QED) is 0.907. The lowest BCUT2D eigenvalue weighted by Gasteiger charge is -2.37. The third-order valence-corrected chi connectivity index (χ3v) is 6.42. The molecule has 5 nitrogen and oxygen atoms in total. The van der Waals surface area contributed by atoms with Crippen LogP contribution in [0.15, 0.2) is 17.2 Å². The number of sulfonamides is 1. The molecule has 1 aliphatic rings. The molecule has 6 heteroatoms. The SMILES string of the molecule is CCCn1cc(S(=O)(=O)N2C(C)CCCC2C)cc1CN. The number of nitrogens with zero attached hydrogens (tertiary/aromatic N) is 2. The fourth-order valence-electron chi connectivity index (χ4n) is 3.28. The van der Waals surface area contributed by atoms with E-state index in [1.807, 2.05) is 18.4 Å². The third-order valence-electron chi connectivity index (χ3n) is 4.32. The van der Waals surface area contributed by atoms with Crippen LogP contribution in [0.5, 0.6) is 0 Å². The Morgan fingerprint density at radius 2 is 1.90 bits per heavy atom. The van der Waals surface area contributed by atoms with Crippen molar-refractivity contribution in [3.8, 4) is 0 Å². The summed E-state index contributed by atoms with van der Waals surface area (Å²) in [5, 5.41) is 0. The van der Waals surface area contributed by atoms with Gasteiger partial charge in [0.25, 0.3) is 0 Å². The summed E-state index contributed by atoms with van der Waals surface area (Å²) in [4.78, 5) is 0.386. The van der Waals surface area contributed by atoms with Gasteiger partial charge in [0.05, 0.1) is 0 Å². The van der Waals surface area contributed by atoms with Crippen molar-refractivity contribution in [2.45, 2.75) is 76.5 Å². The Morgan fingerprint density at radius 1 is 1.29 bits per heavy atom. The molecule has 2 rings (SSSR count). The maximum absolute atomic E-state index is 13.0. The van der Waals surface area contributed by atoms with Crippen molar-refractivity contribution in [1.29, 1.82) is 0 Å². The van der Waals surface area contributed by atoms with Crippen molar-refractivity contribution in [3.05, 3.63) is 18.0 Å². The first-order valence-corrected chi connectivity index (χ1v) is 9.28. The Balaban J connectivity index is 2.38. The largest absolute Gasteiger partial charge is 0.349 e. The topological polar surface area (TPSA) is 68.3 Å². The molecule has 1 fully saturated rings. The van der Waals surface area contributed by atoms with E-state index in [4.69, 9.17) is 5.73 Å². The van der Waals surface area contributed by atoms with Crippen LogP contribution in [0.2, 0.25) is 0 Å². The number of hydrogen-bond acceptors (Lipinski definition) is 3. The molecule has 2 unspecified atom stereocenters. The molecule has 1 saturated heterocycles. The van der Waals surface area contributed by atoms with Gasteiger partial charge in [-0.3, -0.25) is 0 Å². The van der Waals surface area contributed by atoms with Crippen LogP contribution in [0, 0.1) is 0 Å². The second-order valence-electron chi connectivity index (χ2n) is 6.03. The lowest BCUT2D eigenvalue weighted by molar-refractivity contribution is 0.204. The summed E-state index contributed by atoms with van der Waals surface area (Å²) < 4.78 is 29.6. The summed E-state index contributed by atoms with van der Waals surface area (Å²) >= 11 is 0. The van der Waals surface area contributed by atoms with E-state index in [1.54, 1.807) is 16.6 Å². The molecule has 1 aliphatic heterocycles. The molecule has 0 amide bonds. The Labute approximate surface area is 128 Å². The van der Waals surface area contributed by atoms with Crippen LogP contribution in [-0.2, 0) is 23.1 Å². The minimum atomic E-state index is -3.43. The van der Waals surface area contributed by atoms with Crippen molar-refractivity contribution in [1.82, 2.24) is 8.87 Å². The molecule has 2 heterocycles. The zero-order valence-electron chi connectivity index (χ0n) is 13.2. The monoisotopic (exact) mass is 313 g/mol. The highest BCUT2D eigenvalue weighted by Gasteiger charge is 2.36. The van der Waals surface area contributed by atoms with Gasteiger partial charge in [-0.25, -0.2) is 8.42 Å². The Hall–Kier alpha value is -0.850. The van der Waals surface area contributed by atoms with Crippen molar-refractivity contribution < 1.29 is 8.42 Å². The van der Waals surface area contributed by atoms with Crippen LogP contribution in [0.3, 0.4) is 0 Å². The van der Waals surface area contributed by atoms with E-state index in [-0.39, 0.29) is 12.1 Å². The van der Waals surface area contributed by atoms with Crippen LogP contribution >= 0.6 is 0 Å². The normalized spacial score (nSPS) is 24.4. The van der Waals surface area contributed by atoms with Gasteiger partial charge in [0.2, 0.25) is 10.0 Å². The van der Waals surface area contributed by atoms with E-state index in [9.17, 15) is 8.42 Å². The predicted octanol–water partition coefficient (Wildman–Crippen LogP) is 2.31. The van der Waals surface area contributed by atoms with E-state index >= 15 is 0 Å². The summed E-state index contributed by atoms with van der Waals surface area (Å²) in [6.07, 6.45) is 5.66. The molecule has 0 radical (unpaired) electrons. The number of aromatic nitrogens is 1. The van der Waals surface area contributed by atoms with Gasteiger partial charge in [-0.1, -0.05) is 13.3 Å². The van der Waals surface area contributed by atoms with Crippen molar-refractivity contribution >= 4 is 10.0 Å². The molecule has 1 aromatic heterocycles. The molecule has 0 bridgehead atoms. The van der Waals surface area contributed by atoms with E-state index in [1.165, 1.54) is 0 Å². The van der Waals surface area contributed by atoms with Gasteiger partial charge in [-0.15, -0.1) is 0 Å². The number of hydrogen-bond donors (Lipinski definition) is 1. The second kappa shape index (κ2) is 6.50.